The third kappa shape index (κ3) is 3.62. The predicted molar refractivity (Wildman–Crippen MR) is 132 cm³/mol. The smallest absolute Gasteiger partial charge is 0.249 e. The number of aromatic nitrogens is 2. The van der Waals surface area contributed by atoms with Gasteiger partial charge in [-0.15, -0.1) is 0 Å². The number of nitrogens with zero attached hydrogens (tertiary/aromatic N) is 3. The summed E-state index contributed by atoms with van der Waals surface area (Å²) in [7, 11) is 3.19. The summed E-state index contributed by atoms with van der Waals surface area (Å²) in [5.41, 5.74) is 5.10. The topological polar surface area (TPSA) is 47.4 Å². The molecule has 1 aliphatic rings. The van der Waals surface area contributed by atoms with Gasteiger partial charge in [-0.25, -0.2) is 10.0 Å². The SMILES string of the molecule is CON(C)C(=O)C1CCc2c(ncn2C(c2ccccc2)(c2ccccc2)c2ccccc2)C1. The molecular weight excluding hydrogens is 422 g/mol. The summed E-state index contributed by atoms with van der Waals surface area (Å²) in [5.74, 6) is -0.122. The number of imidazole rings is 1. The van der Waals surface area contributed by atoms with E-state index in [2.05, 4.69) is 95.6 Å². The minimum absolute atomic E-state index is 0.00291. The average molecular weight is 452 g/mol. The number of hydroxylamine groups is 2. The Bertz CT molecular complexity index is 1160. The molecule has 4 aromatic rings. The fourth-order valence-electron chi connectivity index (χ4n) is 5.29. The van der Waals surface area contributed by atoms with Crippen molar-refractivity contribution in [2.24, 2.45) is 5.92 Å². The van der Waals surface area contributed by atoms with Crippen LogP contribution in [0, 0.1) is 5.92 Å². The largest absolute Gasteiger partial charge is 0.316 e. The van der Waals surface area contributed by atoms with Crippen LogP contribution < -0.4 is 0 Å². The van der Waals surface area contributed by atoms with Crippen LogP contribution in [0.15, 0.2) is 97.3 Å². The normalized spacial score (nSPS) is 15.5. The van der Waals surface area contributed by atoms with Gasteiger partial charge in [-0.1, -0.05) is 91.0 Å². The Morgan fingerprint density at radius 1 is 0.912 bits per heavy atom. The van der Waals surface area contributed by atoms with Crippen molar-refractivity contribution in [3.8, 4) is 0 Å². The van der Waals surface area contributed by atoms with E-state index in [0.29, 0.717) is 6.42 Å². The Labute approximate surface area is 200 Å². The summed E-state index contributed by atoms with van der Waals surface area (Å²) in [6.07, 6.45) is 4.12. The van der Waals surface area contributed by atoms with Crippen molar-refractivity contribution >= 4 is 5.91 Å². The minimum atomic E-state index is -0.579. The molecule has 5 heteroatoms. The zero-order valence-corrected chi connectivity index (χ0v) is 19.6. The molecule has 3 aromatic carbocycles. The summed E-state index contributed by atoms with van der Waals surface area (Å²) >= 11 is 0. The molecule has 34 heavy (non-hydrogen) atoms. The molecular formula is C29H29N3O2. The number of carbonyl (C=O) groups is 1. The second kappa shape index (κ2) is 9.27. The maximum Gasteiger partial charge on any atom is 0.249 e. The first-order chi connectivity index (χ1) is 16.7. The summed E-state index contributed by atoms with van der Waals surface area (Å²) in [5, 5.41) is 1.33. The van der Waals surface area contributed by atoms with Crippen molar-refractivity contribution < 1.29 is 9.63 Å². The molecule has 0 fully saturated rings. The van der Waals surface area contributed by atoms with Crippen LogP contribution in [-0.4, -0.2) is 34.7 Å². The number of carbonyl (C=O) groups excluding carboxylic acids is 1. The van der Waals surface area contributed by atoms with E-state index in [1.807, 2.05) is 6.33 Å². The molecule has 0 N–H and O–H groups in total. The van der Waals surface area contributed by atoms with Crippen molar-refractivity contribution in [1.82, 2.24) is 14.6 Å². The van der Waals surface area contributed by atoms with E-state index < -0.39 is 5.54 Å². The molecule has 0 spiro atoms. The quantitative estimate of drug-likeness (QED) is 0.311. The molecule has 5 rings (SSSR count). The molecule has 1 heterocycles. The van der Waals surface area contributed by atoms with Crippen molar-refractivity contribution in [3.05, 3.63) is 125 Å². The van der Waals surface area contributed by atoms with Gasteiger partial charge in [0.2, 0.25) is 5.91 Å². The molecule has 1 aromatic heterocycles. The zero-order valence-electron chi connectivity index (χ0n) is 19.6. The Kier molecular flexibility index (Phi) is 6.03. The fourth-order valence-corrected chi connectivity index (χ4v) is 5.29. The maximum absolute atomic E-state index is 12.8. The highest BCUT2D eigenvalue weighted by Gasteiger charge is 2.41. The Hall–Kier alpha value is -3.70. The standard InChI is InChI=1S/C29H29N3O2/c1-31(34-2)28(33)22-18-19-27-26(20-22)30-21-32(27)29(23-12-6-3-7-13-23,24-14-8-4-9-15-24)25-16-10-5-11-17-25/h3-17,21-22H,18-20H2,1-2H3. The number of hydrogen-bond acceptors (Lipinski definition) is 3. The van der Waals surface area contributed by atoms with Crippen molar-refractivity contribution in [1.29, 1.82) is 0 Å². The lowest BCUT2D eigenvalue weighted by Crippen LogP contribution is -2.40. The van der Waals surface area contributed by atoms with Gasteiger partial charge in [0.1, 0.15) is 5.54 Å². The Morgan fingerprint density at radius 3 is 1.88 bits per heavy atom. The van der Waals surface area contributed by atoms with Crippen LogP contribution in [0.4, 0.5) is 0 Å². The highest BCUT2D eigenvalue weighted by atomic mass is 16.7. The Morgan fingerprint density at radius 2 is 1.41 bits per heavy atom. The van der Waals surface area contributed by atoms with Crippen LogP contribution in [0.5, 0.6) is 0 Å². The first-order valence-corrected chi connectivity index (χ1v) is 11.7. The van der Waals surface area contributed by atoms with Gasteiger partial charge >= 0.3 is 0 Å². The number of rotatable bonds is 6. The average Bonchev–Trinajstić information content (AvgIpc) is 3.34. The minimum Gasteiger partial charge on any atom is -0.316 e. The number of benzene rings is 3. The van der Waals surface area contributed by atoms with Crippen LogP contribution in [0.25, 0.3) is 0 Å². The van der Waals surface area contributed by atoms with E-state index in [0.717, 1.165) is 18.5 Å². The van der Waals surface area contributed by atoms with Crippen molar-refractivity contribution in [2.45, 2.75) is 24.8 Å². The fraction of sp³-hybridized carbons (Fsp3) is 0.241. The van der Waals surface area contributed by atoms with Gasteiger partial charge in [-0.2, -0.15) is 0 Å². The van der Waals surface area contributed by atoms with Gasteiger partial charge in [-0.3, -0.25) is 9.63 Å². The van der Waals surface area contributed by atoms with E-state index in [4.69, 9.17) is 9.82 Å². The van der Waals surface area contributed by atoms with Crippen molar-refractivity contribution in [2.75, 3.05) is 14.2 Å². The number of hydrogen-bond donors (Lipinski definition) is 0. The zero-order chi connectivity index (χ0) is 23.5. The lowest BCUT2D eigenvalue weighted by Gasteiger charge is -2.39. The van der Waals surface area contributed by atoms with Gasteiger partial charge in [0.05, 0.1) is 19.1 Å². The molecule has 0 saturated heterocycles. The lowest BCUT2D eigenvalue weighted by atomic mass is 9.76. The highest BCUT2D eigenvalue weighted by Crippen LogP contribution is 2.43. The third-order valence-corrected chi connectivity index (χ3v) is 6.99. The monoisotopic (exact) mass is 451 g/mol. The van der Waals surface area contributed by atoms with Crippen LogP contribution >= 0.6 is 0 Å². The van der Waals surface area contributed by atoms with Gasteiger partial charge in [0, 0.05) is 25.1 Å². The van der Waals surface area contributed by atoms with Crippen LogP contribution in [0.1, 0.15) is 34.5 Å². The Balaban J connectivity index is 1.72. The van der Waals surface area contributed by atoms with E-state index in [1.165, 1.54) is 34.6 Å². The van der Waals surface area contributed by atoms with Gasteiger partial charge in [0.25, 0.3) is 0 Å². The molecule has 0 aliphatic heterocycles. The van der Waals surface area contributed by atoms with Gasteiger partial charge in [-0.05, 0) is 29.5 Å². The second-order valence-corrected chi connectivity index (χ2v) is 8.77. The molecule has 0 bridgehead atoms. The highest BCUT2D eigenvalue weighted by molar-refractivity contribution is 5.78. The predicted octanol–water partition coefficient (Wildman–Crippen LogP) is 4.85. The molecule has 0 saturated carbocycles. The third-order valence-electron chi connectivity index (χ3n) is 6.99. The molecule has 1 amide bonds. The molecule has 1 unspecified atom stereocenters. The first-order valence-electron chi connectivity index (χ1n) is 11.7. The molecule has 0 radical (unpaired) electrons. The maximum atomic E-state index is 12.8. The van der Waals surface area contributed by atoms with E-state index in [-0.39, 0.29) is 11.8 Å². The van der Waals surface area contributed by atoms with Crippen LogP contribution in [0.2, 0.25) is 0 Å². The van der Waals surface area contributed by atoms with Gasteiger partial charge < -0.3 is 4.57 Å². The molecule has 172 valence electrons. The number of amides is 1. The molecule has 1 aliphatic carbocycles. The summed E-state index contributed by atoms with van der Waals surface area (Å²) < 4.78 is 2.34. The van der Waals surface area contributed by atoms with Crippen LogP contribution in [0.3, 0.4) is 0 Å². The molecule has 1 atom stereocenters. The summed E-state index contributed by atoms with van der Waals surface area (Å²) in [4.78, 5) is 22.8. The van der Waals surface area contributed by atoms with Gasteiger partial charge in [0.15, 0.2) is 0 Å². The first kappa shape index (κ1) is 22.1. The van der Waals surface area contributed by atoms with Crippen LogP contribution in [-0.2, 0) is 28.0 Å². The van der Waals surface area contributed by atoms with Crippen molar-refractivity contribution in [3.63, 3.8) is 0 Å². The van der Waals surface area contributed by atoms with E-state index in [1.54, 1.807) is 7.05 Å². The van der Waals surface area contributed by atoms with E-state index >= 15 is 0 Å². The molecule has 5 nitrogen and oxygen atoms in total. The lowest BCUT2D eigenvalue weighted by molar-refractivity contribution is -0.173. The summed E-state index contributed by atoms with van der Waals surface area (Å²) in [6, 6.07) is 31.8. The van der Waals surface area contributed by atoms with E-state index in [9.17, 15) is 4.79 Å². The second-order valence-electron chi connectivity index (χ2n) is 8.77. The number of fused-ring (bicyclic) bond motifs is 1. The summed E-state index contributed by atoms with van der Waals surface area (Å²) in [6.45, 7) is 0.